The second-order valence-electron chi connectivity index (χ2n) is 9.43. The predicted molar refractivity (Wildman–Crippen MR) is 119 cm³/mol. The lowest BCUT2D eigenvalue weighted by Gasteiger charge is -2.24. The van der Waals surface area contributed by atoms with Crippen LogP contribution in [0.4, 0.5) is 0 Å². The van der Waals surface area contributed by atoms with Gasteiger partial charge in [0.1, 0.15) is 5.65 Å². The predicted octanol–water partition coefficient (Wildman–Crippen LogP) is 0.992. The van der Waals surface area contributed by atoms with E-state index in [1.807, 2.05) is 13.8 Å². The normalized spacial score (nSPS) is 14.5. The smallest absolute Gasteiger partial charge is 0.270 e. The number of aromatic hydroxyl groups is 1. The minimum absolute atomic E-state index is 0.0264. The van der Waals surface area contributed by atoms with Gasteiger partial charge in [-0.25, -0.2) is 0 Å². The third-order valence-electron chi connectivity index (χ3n) is 5.00. The van der Waals surface area contributed by atoms with Gasteiger partial charge in [-0.15, -0.1) is 0 Å². The van der Waals surface area contributed by atoms with Crippen LogP contribution in [-0.2, 0) is 11.3 Å². The van der Waals surface area contributed by atoms with E-state index >= 15 is 0 Å². The molecule has 10 nitrogen and oxygen atoms in total. The van der Waals surface area contributed by atoms with Crippen LogP contribution in [0.3, 0.4) is 0 Å². The molecular formula is C22H31N5O5. The summed E-state index contributed by atoms with van der Waals surface area (Å²) >= 11 is 0. The fourth-order valence-electron chi connectivity index (χ4n) is 3.50. The fourth-order valence-corrected chi connectivity index (χ4v) is 3.50. The van der Waals surface area contributed by atoms with Crippen LogP contribution in [0.5, 0.6) is 5.88 Å². The largest absolute Gasteiger partial charge is 0.492 e. The Bertz CT molecular complexity index is 1120. The maximum Gasteiger partial charge on any atom is 0.270 e. The number of amides is 2. The number of rotatable bonds is 8. The van der Waals surface area contributed by atoms with Gasteiger partial charge in [0.2, 0.25) is 11.8 Å². The van der Waals surface area contributed by atoms with Crippen LogP contribution in [0.2, 0.25) is 0 Å². The van der Waals surface area contributed by atoms with Crippen molar-refractivity contribution in [1.29, 1.82) is 0 Å². The van der Waals surface area contributed by atoms with Crippen LogP contribution in [0.1, 0.15) is 56.5 Å². The minimum Gasteiger partial charge on any atom is -0.492 e. The second-order valence-corrected chi connectivity index (χ2v) is 9.43. The molecule has 1 fully saturated rings. The number of hydrogen-bond acceptors (Lipinski definition) is 6. The quantitative estimate of drug-likeness (QED) is 0.520. The summed E-state index contributed by atoms with van der Waals surface area (Å²) in [5.41, 5.74) is -1.26. The zero-order chi connectivity index (χ0) is 23.8. The monoisotopic (exact) mass is 445 g/mol. The molecule has 2 aromatic heterocycles. The number of hydrogen-bond donors (Lipinski definition) is 3. The third-order valence-corrected chi connectivity index (χ3v) is 5.00. The summed E-state index contributed by atoms with van der Waals surface area (Å²) in [5, 5.41) is 27.5. The van der Waals surface area contributed by atoms with E-state index in [1.54, 1.807) is 20.9 Å². The lowest BCUT2D eigenvalue weighted by Crippen LogP contribution is -2.38. The number of aromatic nitrogens is 3. The van der Waals surface area contributed by atoms with Crippen molar-refractivity contribution in [3.63, 3.8) is 0 Å². The Morgan fingerprint density at radius 3 is 2.59 bits per heavy atom. The van der Waals surface area contributed by atoms with Gasteiger partial charge in [0, 0.05) is 37.8 Å². The summed E-state index contributed by atoms with van der Waals surface area (Å²) in [5.74, 6) is -1.42. The van der Waals surface area contributed by atoms with Crippen LogP contribution in [0.25, 0.3) is 11.7 Å². The summed E-state index contributed by atoms with van der Waals surface area (Å²) in [6, 6.07) is 0.0264. The number of likely N-dealkylation sites (N-methyl/N-ethyl adjacent to an activating group) is 1. The molecule has 1 saturated carbocycles. The molecule has 1 aliphatic rings. The zero-order valence-electron chi connectivity index (χ0n) is 19.1. The first-order chi connectivity index (χ1) is 14.9. The van der Waals surface area contributed by atoms with Crippen molar-refractivity contribution in [1.82, 2.24) is 24.4 Å². The van der Waals surface area contributed by atoms with E-state index in [0.717, 1.165) is 17.4 Å². The average Bonchev–Trinajstić information content (AvgIpc) is 3.37. The molecule has 3 rings (SSSR count). The maximum atomic E-state index is 13.2. The number of fused-ring (bicyclic) bond motifs is 1. The van der Waals surface area contributed by atoms with Gasteiger partial charge in [-0.3, -0.25) is 19.0 Å². The Morgan fingerprint density at radius 1 is 1.38 bits per heavy atom. The Kier molecular flexibility index (Phi) is 6.45. The molecule has 0 aromatic carbocycles. The van der Waals surface area contributed by atoms with Gasteiger partial charge in [0.05, 0.1) is 11.8 Å². The first-order valence-electron chi connectivity index (χ1n) is 10.7. The Morgan fingerprint density at radius 2 is 2.03 bits per heavy atom. The Balaban J connectivity index is 2.05. The molecule has 3 N–H and O–H groups in total. The van der Waals surface area contributed by atoms with Crippen LogP contribution < -0.4 is 10.9 Å². The number of aliphatic hydroxyl groups is 1. The Labute approximate surface area is 186 Å². The number of carbonyl (C=O) groups is 2. The first-order valence-corrected chi connectivity index (χ1v) is 10.7. The topological polar surface area (TPSA) is 129 Å². The molecular weight excluding hydrogens is 414 g/mol. The van der Waals surface area contributed by atoms with Crippen molar-refractivity contribution in [3.8, 4) is 5.88 Å². The lowest BCUT2D eigenvalue weighted by atomic mass is 10.1. The van der Waals surface area contributed by atoms with E-state index in [1.165, 1.54) is 27.8 Å². The summed E-state index contributed by atoms with van der Waals surface area (Å²) in [6.07, 6.45) is 5.94. The van der Waals surface area contributed by atoms with Crippen LogP contribution in [0, 0.1) is 5.92 Å². The molecule has 2 heterocycles. The van der Waals surface area contributed by atoms with E-state index < -0.39 is 22.9 Å². The van der Waals surface area contributed by atoms with Crippen molar-refractivity contribution in [2.24, 2.45) is 5.92 Å². The van der Waals surface area contributed by atoms with Gasteiger partial charge in [0.15, 0.2) is 5.56 Å². The average molecular weight is 446 g/mol. The molecule has 0 spiro atoms. The molecule has 2 aromatic rings. The van der Waals surface area contributed by atoms with Crippen LogP contribution in [-0.4, -0.2) is 66.3 Å². The molecule has 0 atom stereocenters. The Hall–Kier alpha value is -3.14. The summed E-state index contributed by atoms with van der Waals surface area (Å²) in [7, 11) is 1.58. The summed E-state index contributed by atoms with van der Waals surface area (Å²) in [6.45, 7) is 7.52. The summed E-state index contributed by atoms with van der Waals surface area (Å²) in [4.78, 5) is 39.6. The van der Waals surface area contributed by atoms with Gasteiger partial charge in [-0.1, -0.05) is 13.8 Å². The molecule has 174 valence electrons. The van der Waals surface area contributed by atoms with E-state index in [4.69, 9.17) is 0 Å². The van der Waals surface area contributed by atoms with E-state index in [0.29, 0.717) is 17.8 Å². The standard InChI is InChI=1S/C22H31N5O5/c1-13(2)11-26-19-14(6-9-16(28)25(5)12-22(3,4)32)10-23-27(19)21(31)17(20(26)30)18(29)24-15-7-8-15/h6,9-10,13,15,31-32H,7-8,11-12H2,1-5H3,(H,24,29). The van der Waals surface area contributed by atoms with Crippen molar-refractivity contribution >= 4 is 23.5 Å². The molecule has 0 saturated heterocycles. The van der Waals surface area contributed by atoms with Gasteiger partial charge in [-0.05, 0) is 38.7 Å². The first kappa shape index (κ1) is 23.5. The second kappa shape index (κ2) is 8.78. The van der Waals surface area contributed by atoms with Crippen LogP contribution in [0.15, 0.2) is 17.1 Å². The highest BCUT2D eigenvalue weighted by Crippen LogP contribution is 2.23. The molecule has 0 bridgehead atoms. The van der Waals surface area contributed by atoms with E-state index in [2.05, 4.69) is 10.4 Å². The maximum absolute atomic E-state index is 13.2. The van der Waals surface area contributed by atoms with Crippen molar-refractivity contribution in [2.75, 3.05) is 13.6 Å². The van der Waals surface area contributed by atoms with Gasteiger partial charge in [0.25, 0.3) is 11.5 Å². The molecule has 0 aliphatic heterocycles. The third kappa shape index (κ3) is 5.18. The van der Waals surface area contributed by atoms with E-state index in [-0.39, 0.29) is 30.0 Å². The molecule has 32 heavy (non-hydrogen) atoms. The molecule has 1 aliphatic carbocycles. The highest BCUT2D eigenvalue weighted by Gasteiger charge is 2.30. The van der Waals surface area contributed by atoms with Crippen LogP contribution >= 0.6 is 0 Å². The fraction of sp³-hybridized carbons (Fsp3) is 0.545. The number of carbonyl (C=O) groups excluding carboxylic acids is 2. The molecule has 0 radical (unpaired) electrons. The highest BCUT2D eigenvalue weighted by atomic mass is 16.3. The number of nitrogens with zero attached hydrogens (tertiary/aromatic N) is 4. The lowest BCUT2D eigenvalue weighted by molar-refractivity contribution is -0.127. The SMILES string of the molecule is CC(C)Cn1c(=O)c(C(=O)NC2CC2)c(O)n2ncc(C=CC(=O)N(C)CC(C)(C)O)c12. The highest BCUT2D eigenvalue weighted by molar-refractivity contribution is 5.97. The molecule has 0 unspecified atom stereocenters. The molecule has 10 heteroatoms. The van der Waals surface area contributed by atoms with Crippen molar-refractivity contribution in [2.45, 2.75) is 58.7 Å². The van der Waals surface area contributed by atoms with E-state index in [9.17, 15) is 24.6 Å². The number of nitrogens with one attached hydrogen (secondary N) is 1. The van der Waals surface area contributed by atoms with Gasteiger partial charge in [-0.2, -0.15) is 9.61 Å². The van der Waals surface area contributed by atoms with Crippen molar-refractivity contribution < 1.29 is 19.8 Å². The van der Waals surface area contributed by atoms with Gasteiger partial charge < -0.3 is 20.4 Å². The van der Waals surface area contributed by atoms with Gasteiger partial charge >= 0.3 is 0 Å². The zero-order valence-corrected chi connectivity index (χ0v) is 19.1. The summed E-state index contributed by atoms with van der Waals surface area (Å²) < 4.78 is 2.56. The minimum atomic E-state index is -1.04. The van der Waals surface area contributed by atoms with Crippen molar-refractivity contribution in [3.05, 3.63) is 33.8 Å². The molecule has 2 amide bonds.